The standard InChI is InChI=1S/C28H32N4O3/c1-20-26(21(2)35-31-20)19-34-25-15-13-23(14-16-25)28(33)32(3)17-9-5-8-12-24-18-27(30-29-24)22-10-6-4-7-11-22/h4,6-7,10-11,13-16,18H,5,8-9,12,17,19H2,1-3H3,(H,29,30). The molecule has 0 fully saturated rings. The van der Waals surface area contributed by atoms with Gasteiger partial charge in [0.1, 0.15) is 18.1 Å². The molecule has 2 aromatic heterocycles. The molecule has 0 unspecified atom stereocenters. The number of aromatic amines is 1. The average Bonchev–Trinajstić information content (AvgIpc) is 3.49. The first-order chi connectivity index (χ1) is 17.0. The van der Waals surface area contributed by atoms with Crippen LogP contribution in [0.25, 0.3) is 11.3 Å². The summed E-state index contributed by atoms with van der Waals surface area (Å²) in [6.07, 6.45) is 4.01. The largest absolute Gasteiger partial charge is 0.489 e. The first-order valence-electron chi connectivity index (χ1n) is 12.0. The lowest BCUT2D eigenvalue weighted by Crippen LogP contribution is -2.27. The van der Waals surface area contributed by atoms with Crippen LogP contribution in [0, 0.1) is 13.8 Å². The molecule has 0 saturated carbocycles. The van der Waals surface area contributed by atoms with Crippen LogP contribution in [0.3, 0.4) is 0 Å². The maximum atomic E-state index is 12.8. The molecule has 0 saturated heterocycles. The van der Waals surface area contributed by atoms with Crippen molar-refractivity contribution < 1.29 is 14.1 Å². The molecule has 7 heteroatoms. The van der Waals surface area contributed by atoms with Crippen LogP contribution in [-0.2, 0) is 13.0 Å². The summed E-state index contributed by atoms with van der Waals surface area (Å²) < 4.78 is 11.0. The molecule has 2 aromatic carbocycles. The number of rotatable bonds is 11. The minimum Gasteiger partial charge on any atom is -0.489 e. The number of amides is 1. The Labute approximate surface area is 206 Å². The van der Waals surface area contributed by atoms with E-state index in [4.69, 9.17) is 9.26 Å². The van der Waals surface area contributed by atoms with E-state index in [1.165, 1.54) is 0 Å². The second-order valence-corrected chi connectivity index (χ2v) is 8.80. The predicted molar refractivity (Wildman–Crippen MR) is 135 cm³/mol. The van der Waals surface area contributed by atoms with Crippen molar-refractivity contribution in [1.29, 1.82) is 0 Å². The van der Waals surface area contributed by atoms with Gasteiger partial charge in [-0.15, -0.1) is 0 Å². The Balaban J connectivity index is 1.17. The lowest BCUT2D eigenvalue weighted by Gasteiger charge is -2.17. The number of H-pyrrole nitrogens is 1. The zero-order valence-electron chi connectivity index (χ0n) is 20.6. The fraction of sp³-hybridized carbons (Fsp3) is 0.321. The number of carbonyl (C=O) groups is 1. The third-order valence-corrected chi connectivity index (χ3v) is 6.15. The van der Waals surface area contributed by atoms with Crippen molar-refractivity contribution >= 4 is 5.91 Å². The van der Waals surface area contributed by atoms with Gasteiger partial charge in [-0.25, -0.2) is 0 Å². The zero-order valence-corrected chi connectivity index (χ0v) is 20.6. The van der Waals surface area contributed by atoms with Crippen molar-refractivity contribution in [3.63, 3.8) is 0 Å². The Kier molecular flexibility index (Phi) is 7.98. The number of unbranched alkanes of at least 4 members (excludes halogenated alkanes) is 2. The van der Waals surface area contributed by atoms with Crippen LogP contribution in [0.4, 0.5) is 0 Å². The highest BCUT2D eigenvalue weighted by Crippen LogP contribution is 2.20. The number of nitrogens with one attached hydrogen (secondary N) is 1. The van der Waals surface area contributed by atoms with E-state index >= 15 is 0 Å². The van der Waals surface area contributed by atoms with Gasteiger partial charge in [0.2, 0.25) is 0 Å². The van der Waals surface area contributed by atoms with Crippen LogP contribution in [0.1, 0.15) is 52.3 Å². The van der Waals surface area contributed by atoms with Gasteiger partial charge in [-0.3, -0.25) is 9.89 Å². The van der Waals surface area contributed by atoms with Crippen LogP contribution < -0.4 is 4.74 Å². The van der Waals surface area contributed by atoms with Gasteiger partial charge in [0.05, 0.1) is 17.0 Å². The fourth-order valence-corrected chi connectivity index (χ4v) is 3.97. The molecule has 1 N–H and O–H groups in total. The van der Waals surface area contributed by atoms with E-state index in [0.717, 1.165) is 66.2 Å². The van der Waals surface area contributed by atoms with E-state index in [2.05, 4.69) is 33.6 Å². The van der Waals surface area contributed by atoms with E-state index in [1.54, 1.807) is 4.90 Å². The van der Waals surface area contributed by atoms with E-state index < -0.39 is 0 Å². The number of aryl methyl sites for hydroxylation is 3. The predicted octanol–water partition coefficient (Wildman–Crippen LogP) is 5.75. The highest BCUT2D eigenvalue weighted by molar-refractivity contribution is 5.94. The maximum Gasteiger partial charge on any atom is 0.253 e. The van der Waals surface area contributed by atoms with Crippen molar-refractivity contribution in [2.45, 2.75) is 46.1 Å². The summed E-state index contributed by atoms with van der Waals surface area (Å²) in [6, 6.07) is 19.6. The smallest absolute Gasteiger partial charge is 0.253 e. The van der Waals surface area contributed by atoms with Crippen molar-refractivity contribution in [1.82, 2.24) is 20.3 Å². The molecule has 4 rings (SSSR count). The van der Waals surface area contributed by atoms with Crippen LogP contribution in [0.15, 0.2) is 65.2 Å². The van der Waals surface area contributed by atoms with Gasteiger partial charge >= 0.3 is 0 Å². The van der Waals surface area contributed by atoms with Crippen molar-refractivity contribution in [3.05, 3.63) is 88.9 Å². The molecule has 182 valence electrons. The van der Waals surface area contributed by atoms with Crippen molar-refractivity contribution in [2.24, 2.45) is 0 Å². The quantitative estimate of drug-likeness (QED) is 0.281. The molecular formula is C28H32N4O3. The van der Waals surface area contributed by atoms with Crippen LogP contribution in [-0.4, -0.2) is 39.8 Å². The van der Waals surface area contributed by atoms with Crippen molar-refractivity contribution in [3.8, 4) is 17.0 Å². The van der Waals surface area contributed by atoms with Crippen LogP contribution in [0.5, 0.6) is 5.75 Å². The number of ether oxygens (including phenoxy) is 1. The molecule has 1 amide bonds. The van der Waals surface area contributed by atoms with Gasteiger partial charge in [0.25, 0.3) is 5.91 Å². The summed E-state index contributed by atoms with van der Waals surface area (Å²) in [5.41, 5.74) is 5.68. The topological polar surface area (TPSA) is 84.2 Å². The highest BCUT2D eigenvalue weighted by atomic mass is 16.5. The van der Waals surface area contributed by atoms with E-state index in [-0.39, 0.29) is 5.91 Å². The molecule has 0 bridgehead atoms. The summed E-state index contributed by atoms with van der Waals surface area (Å²) in [7, 11) is 1.85. The molecule has 4 aromatic rings. The maximum absolute atomic E-state index is 12.8. The summed E-state index contributed by atoms with van der Waals surface area (Å²) >= 11 is 0. The second kappa shape index (κ2) is 11.5. The molecule has 0 radical (unpaired) electrons. The lowest BCUT2D eigenvalue weighted by atomic mass is 10.1. The summed E-state index contributed by atoms with van der Waals surface area (Å²) in [5.74, 6) is 1.49. The number of nitrogens with zero attached hydrogens (tertiary/aromatic N) is 3. The van der Waals surface area contributed by atoms with Gasteiger partial charge < -0.3 is 14.2 Å². The number of hydrogen-bond acceptors (Lipinski definition) is 5. The highest BCUT2D eigenvalue weighted by Gasteiger charge is 2.13. The molecule has 0 atom stereocenters. The molecule has 0 aliphatic carbocycles. The molecule has 0 spiro atoms. The molecule has 0 aliphatic heterocycles. The number of benzene rings is 2. The number of carbonyl (C=O) groups excluding carboxylic acids is 1. The molecule has 7 nitrogen and oxygen atoms in total. The average molecular weight is 473 g/mol. The van der Waals surface area contributed by atoms with Gasteiger partial charge in [-0.2, -0.15) is 5.10 Å². The summed E-state index contributed by atoms with van der Waals surface area (Å²) in [6.45, 7) is 4.88. The third-order valence-electron chi connectivity index (χ3n) is 6.15. The van der Waals surface area contributed by atoms with Gasteiger partial charge in [0, 0.05) is 30.4 Å². The van der Waals surface area contributed by atoms with E-state index in [9.17, 15) is 4.79 Å². The monoisotopic (exact) mass is 472 g/mol. The normalized spacial score (nSPS) is 10.9. The first kappa shape index (κ1) is 24.3. The van der Waals surface area contributed by atoms with Gasteiger partial charge in [-0.05, 0) is 63.4 Å². The lowest BCUT2D eigenvalue weighted by molar-refractivity contribution is 0.0792. The molecule has 2 heterocycles. The summed E-state index contributed by atoms with van der Waals surface area (Å²) in [5, 5.41) is 11.5. The Bertz CT molecular complexity index is 1210. The van der Waals surface area contributed by atoms with E-state index in [1.807, 2.05) is 63.4 Å². The Morgan fingerprint density at radius 3 is 2.51 bits per heavy atom. The first-order valence-corrected chi connectivity index (χ1v) is 12.0. The molecule has 35 heavy (non-hydrogen) atoms. The SMILES string of the molecule is Cc1noc(C)c1COc1ccc(C(=O)N(C)CCCCCc2cc(-c3ccccc3)n[nH]2)cc1. The Hall–Kier alpha value is -3.87. The minimum absolute atomic E-state index is 0.0170. The van der Waals surface area contributed by atoms with Gasteiger partial charge in [-0.1, -0.05) is 41.9 Å². The zero-order chi connectivity index (χ0) is 24.6. The van der Waals surface area contributed by atoms with Crippen LogP contribution >= 0.6 is 0 Å². The fourth-order valence-electron chi connectivity index (χ4n) is 3.97. The molecular weight excluding hydrogens is 440 g/mol. The number of hydrogen-bond donors (Lipinski definition) is 1. The minimum atomic E-state index is 0.0170. The second-order valence-electron chi connectivity index (χ2n) is 8.80. The van der Waals surface area contributed by atoms with Crippen molar-refractivity contribution in [2.75, 3.05) is 13.6 Å². The molecule has 0 aliphatic rings. The Morgan fingerprint density at radius 1 is 1.03 bits per heavy atom. The van der Waals surface area contributed by atoms with E-state index in [0.29, 0.717) is 17.9 Å². The van der Waals surface area contributed by atoms with Crippen LogP contribution in [0.2, 0.25) is 0 Å². The number of aromatic nitrogens is 3. The summed E-state index contributed by atoms with van der Waals surface area (Å²) in [4.78, 5) is 14.5. The Morgan fingerprint density at radius 2 is 1.80 bits per heavy atom. The third kappa shape index (κ3) is 6.38. The van der Waals surface area contributed by atoms with Gasteiger partial charge in [0.15, 0.2) is 0 Å².